The Hall–Kier alpha value is -3.27. The number of hydrogen-bond donors (Lipinski definition) is 1. The summed E-state index contributed by atoms with van der Waals surface area (Å²) in [5, 5.41) is 4.96. The predicted molar refractivity (Wildman–Crippen MR) is 135 cm³/mol. The molecular weight excluding hydrogens is 506 g/mol. The van der Waals surface area contributed by atoms with E-state index in [1.54, 1.807) is 18.2 Å². The average Bonchev–Trinajstić information content (AvgIpc) is 3.62. The molecule has 4 saturated carbocycles. The molecule has 3 amide bonds. The van der Waals surface area contributed by atoms with Crippen molar-refractivity contribution in [2.45, 2.75) is 70.7 Å². The highest BCUT2D eigenvalue weighted by molar-refractivity contribution is 7.09. The lowest BCUT2D eigenvalue weighted by Gasteiger charge is -2.30. The highest BCUT2D eigenvalue weighted by Gasteiger charge is 2.62. The molecule has 38 heavy (non-hydrogen) atoms. The van der Waals surface area contributed by atoms with E-state index in [-0.39, 0.29) is 49.4 Å². The molecule has 10 heteroatoms. The lowest BCUT2D eigenvalue weighted by atomic mass is 9.75. The predicted octanol–water partition coefficient (Wildman–Crippen LogP) is 3.35. The third kappa shape index (κ3) is 3.83. The second kappa shape index (κ2) is 8.90. The maximum absolute atomic E-state index is 13.1. The molecular formula is C28H29N3O6S. The number of esters is 1. The van der Waals surface area contributed by atoms with E-state index in [1.165, 1.54) is 35.5 Å². The number of carbonyl (C=O) groups excluding carboxylic acids is 4. The van der Waals surface area contributed by atoms with Crippen LogP contribution >= 0.6 is 11.3 Å². The lowest BCUT2D eigenvalue weighted by Crippen LogP contribution is -2.52. The van der Waals surface area contributed by atoms with Crippen LogP contribution < -0.4 is 10.1 Å². The molecule has 2 aromatic rings. The molecule has 4 bridgehead atoms. The maximum Gasteiger partial charge on any atom is 0.312 e. The average molecular weight is 536 g/mol. The zero-order valence-electron chi connectivity index (χ0n) is 20.9. The molecule has 3 heterocycles. The molecule has 9 nitrogen and oxygen atoms in total. The van der Waals surface area contributed by atoms with E-state index in [4.69, 9.17) is 9.47 Å². The monoisotopic (exact) mass is 535 g/mol. The standard InChI is InChI=1S/C28H29N3O6S/c32-23-5-4-21(25(33)30-23)31-11-20-19(26(31)34)2-1-3-22(20)36-12-18-14-38-24(29-18)13-37-27(35)28-9-15-6-16(10-28)8-17(28)7-15/h1-3,14-17,21H,4-13H2,(H,30,32,33). The molecule has 3 atom stereocenters. The van der Waals surface area contributed by atoms with Crippen molar-refractivity contribution < 1.29 is 28.7 Å². The number of nitrogens with zero attached hydrogens (tertiary/aromatic N) is 2. The summed E-state index contributed by atoms with van der Waals surface area (Å²) >= 11 is 1.44. The van der Waals surface area contributed by atoms with Crippen LogP contribution in [0.4, 0.5) is 0 Å². The van der Waals surface area contributed by atoms with E-state index in [1.807, 2.05) is 5.38 Å². The summed E-state index contributed by atoms with van der Waals surface area (Å²) in [6, 6.07) is 4.62. The van der Waals surface area contributed by atoms with Gasteiger partial charge in [-0.3, -0.25) is 24.5 Å². The van der Waals surface area contributed by atoms with Gasteiger partial charge in [0.2, 0.25) is 11.8 Å². The number of imide groups is 1. The Bertz CT molecular complexity index is 1340. The number of rotatable bonds is 7. The fourth-order valence-electron chi connectivity index (χ4n) is 7.73. The first kappa shape index (κ1) is 23.8. The van der Waals surface area contributed by atoms with E-state index in [9.17, 15) is 19.2 Å². The van der Waals surface area contributed by atoms with Gasteiger partial charge in [-0.2, -0.15) is 0 Å². The minimum Gasteiger partial charge on any atom is -0.487 e. The van der Waals surface area contributed by atoms with Crippen LogP contribution in [0.25, 0.3) is 0 Å². The summed E-state index contributed by atoms with van der Waals surface area (Å²) in [5.74, 6) is 1.46. The molecule has 1 aromatic heterocycles. The smallest absolute Gasteiger partial charge is 0.312 e. The number of thiazole rings is 1. The molecule has 0 radical (unpaired) electrons. The summed E-state index contributed by atoms with van der Waals surface area (Å²) in [6.45, 7) is 0.645. The van der Waals surface area contributed by atoms with E-state index in [0.29, 0.717) is 35.5 Å². The summed E-state index contributed by atoms with van der Waals surface area (Å²) in [7, 11) is 0. The fraction of sp³-hybridized carbons (Fsp3) is 0.536. The van der Waals surface area contributed by atoms with Crippen molar-refractivity contribution in [3.05, 3.63) is 45.4 Å². The second-order valence-corrected chi connectivity index (χ2v) is 12.4. The van der Waals surface area contributed by atoms with Gasteiger partial charge < -0.3 is 14.4 Å². The van der Waals surface area contributed by atoms with Gasteiger partial charge in [0.1, 0.15) is 30.0 Å². The van der Waals surface area contributed by atoms with Gasteiger partial charge in [-0.05, 0) is 68.4 Å². The number of ether oxygens (including phenoxy) is 2. The van der Waals surface area contributed by atoms with Crippen molar-refractivity contribution in [2.75, 3.05) is 0 Å². The molecule has 3 unspecified atom stereocenters. The Morgan fingerprint density at radius 2 is 1.95 bits per heavy atom. The van der Waals surface area contributed by atoms with Crippen LogP contribution in [-0.2, 0) is 38.9 Å². The number of benzene rings is 1. The molecule has 1 saturated heterocycles. The Morgan fingerprint density at radius 1 is 1.13 bits per heavy atom. The van der Waals surface area contributed by atoms with Crippen molar-refractivity contribution in [1.82, 2.24) is 15.2 Å². The van der Waals surface area contributed by atoms with Gasteiger partial charge >= 0.3 is 5.97 Å². The van der Waals surface area contributed by atoms with Gasteiger partial charge in [-0.25, -0.2) is 4.98 Å². The van der Waals surface area contributed by atoms with Crippen molar-refractivity contribution in [1.29, 1.82) is 0 Å². The van der Waals surface area contributed by atoms with Crippen molar-refractivity contribution in [3.63, 3.8) is 0 Å². The van der Waals surface area contributed by atoms with Crippen LogP contribution in [0.15, 0.2) is 23.6 Å². The normalized spacial score (nSPS) is 31.1. The largest absolute Gasteiger partial charge is 0.487 e. The first-order valence-corrected chi connectivity index (χ1v) is 14.3. The molecule has 4 aliphatic carbocycles. The molecule has 8 rings (SSSR count). The number of aromatic nitrogens is 1. The SMILES string of the molecule is O=C1CCC(N2Cc3c(OCc4csc(COC(=O)C56CC7CC(CC5C7)C6)n4)cccc3C2=O)C(=O)N1. The van der Waals surface area contributed by atoms with Crippen LogP contribution in [0.2, 0.25) is 0 Å². The van der Waals surface area contributed by atoms with Crippen LogP contribution in [-0.4, -0.2) is 39.6 Å². The number of carbonyl (C=O) groups is 4. The van der Waals surface area contributed by atoms with Crippen LogP contribution in [0.3, 0.4) is 0 Å². The number of nitrogens with one attached hydrogen (secondary N) is 1. The van der Waals surface area contributed by atoms with Gasteiger partial charge in [-0.1, -0.05) is 6.07 Å². The molecule has 0 spiro atoms. The molecule has 198 valence electrons. The minimum absolute atomic E-state index is 0.0368. The Balaban J connectivity index is 0.973. The number of fused-ring (bicyclic) bond motifs is 1. The van der Waals surface area contributed by atoms with Gasteiger partial charge in [-0.15, -0.1) is 11.3 Å². The van der Waals surface area contributed by atoms with Crippen LogP contribution in [0.5, 0.6) is 5.75 Å². The topological polar surface area (TPSA) is 115 Å². The van der Waals surface area contributed by atoms with Gasteiger partial charge in [0.05, 0.1) is 17.7 Å². The molecule has 2 aliphatic heterocycles. The molecule has 6 aliphatic rings. The number of amides is 3. The van der Waals surface area contributed by atoms with E-state index in [2.05, 4.69) is 10.3 Å². The van der Waals surface area contributed by atoms with E-state index < -0.39 is 11.9 Å². The Morgan fingerprint density at radius 3 is 2.74 bits per heavy atom. The lowest BCUT2D eigenvalue weighted by molar-refractivity contribution is -0.159. The molecule has 5 fully saturated rings. The second-order valence-electron chi connectivity index (χ2n) is 11.5. The first-order chi connectivity index (χ1) is 18.4. The minimum atomic E-state index is -0.668. The van der Waals surface area contributed by atoms with Gasteiger partial charge in [0, 0.05) is 22.9 Å². The summed E-state index contributed by atoms with van der Waals surface area (Å²) in [6.07, 6.45) is 6.17. The van der Waals surface area contributed by atoms with Crippen molar-refractivity contribution >= 4 is 35.0 Å². The fourth-order valence-corrected chi connectivity index (χ4v) is 8.42. The van der Waals surface area contributed by atoms with Gasteiger partial charge in [0.25, 0.3) is 5.91 Å². The van der Waals surface area contributed by atoms with Gasteiger partial charge in [0.15, 0.2) is 0 Å². The van der Waals surface area contributed by atoms with E-state index >= 15 is 0 Å². The van der Waals surface area contributed by atoms with Crippen molar-refractivity contribution in [3.8, 4) is 5.75 Å². The maximum atomic E-state index is 13.1. The first-order valence-electron chi connectivity index (χ1n) is 13.4. The quantitative estimate of drug-likeness (QED) is 0.427. The summed E-state index contributed by atoms with van der Waals surface area (Å²) < 4.78 is 11.8. The third-order valence-corrected chi connectivity index (χ3v) is 10.1. The zero-order chi connectivity index (χ0) is 26.0. The van der Waals surface area contributed by atoms with Crippen molar-refractivity contribution in [2.24, 2.45) is 23.2 Å². The Labute approximate surface area is 223 Å². The summed E-state index contributed by atoms with van der Waals surface area (Å²) in [5.41, 5.74) is 1.71. The van der Waals surface area contributed by atoms with E-state index in [0.717, 1.165) is 29.1 Å². The van der Waals surface area contributed by atoms with Crippen LogP contribution in [0.1, 0.15) is 71.6 Å². The summed E-state index contributed by atoms with van der Waals surface area (Å²) in [4.78, 5) is 56.0. The third-order valence-electron chi connectivity index (χ3n) is 9.24. The molecule has 1 N–H and O–H groups in total. The number of piperidine rings is 1. The highest BCUT2D eigenvalue weighted by Crippen LogP contribution is 2.65. The molecule has 1 aromatic carbocycles. The zero-order valence-corrected chi connectivity index (χ0v) is 21.8. The Kier molecular flexibility index (Phi) is 5.58. The highest BCUT2D eigenvalue weighted by atomic mass is 32.1. The van der Waals surface area contributed by atoms with Crippen LogP contribution in [0, 0.1) is 23.2 Å². The number of hydrogen-bond acceptors (Lipinski definition) is 8.